The molecule has 0 aliphatic carbocycles. The Balaban J connectivity index is 2.17. The Morgan fingerprint density at radius 1 is 1.25 bits per heavy atom. The first kappa shape index (κ1) is 16.7. The Bertz CT molecular complexity index is 339. The van der Waals surface area contributed by atoms with Gasteiger partial charge in [-0.2, -0.15) is 0 Å². The number of ether oxygens (including phenoxy) is 1. The molecule has 0 aromatic carbocycles. The van der Waals surface area contributed by atoms with Crippen LogP contribution in [0.5, 0.6) is 0 Å². The molecule has 0 bridgehead atoms. The summed E-state index contributed by atoms with van der Waals surface area (Å²) in [6, 6.07) is 0. The summed E-state index contributed by atoms with van der Waals surface area (Å²) in [4.78, 5) is 2.45. The molecule has 1 aliphatic rings. The van der Waals surface area contributed by atoms with E-state index in [0.29, 0.717) is 19.1 Å². The van der Waals surface area contributed by atoms with Crippen LogP contribution in [0, 0.1) is 5.92 Å². The van der Waals surface area contributed by atoms with Crippen molar-refractivity contribution in [2.75, 3.05) is 32.8 Å². The van der Waals surface area contributed by atoms with Crippen molar-refractivity contribution in [3.63, 3.8) is 0 Å². The highest BCUT2D eigenvalue weighted by atomic mass is 16.5. The fourth-order valence-electron chi connectivity index (χ4n) is 2.30. The molecule has 20 heavy (non-hydrogen) atoms. The van der Waals surface area contributed by atoms with Gasteiger partial charge in [-0.3, -0.25) is 0 Å². The van der Waals surface area contributed by atoms with Crippen molar-refractivity contribution in [2.24, 2.45) is 5.92 Å². The summed E-state index contributed by atoms with van der Waals surface area (Å²) in [6.45, 7) is 11.6. The predicted octanol–water partition coefficient (Wildman–Crippen LogP) is 2.91. The van der Waals surface area contributed by atoms with Crippen LogP contribution in [0.3, 0.4) is 0 Å². The van der Waals surface area contributed by atoms with Gasteiger partial charge in [-0.1, -0.05) is 31.4 Å². The molecule has 112 valence electrons. The van der Waals surface area contributed by atoms with Crippen LogP contribution in [-0.2, 0) is 4.74 Å². The van der Waals surface area contributed by atoms with E-state index in [-0.39, 0.29) is 0 Å². The molecular weight excluding hydrogens is 250 g/mol. The van der Waals surface area contributed by atoms with E-state index in [4.69, 9.17) is 9.84 Å². The number of allylic oxidation sites excluding steroid dienone is 5. The molecule has 1 heterocycles. The molecule has 0 aromatic rings. The second kappa shape index (κ2) is 10.5. The first-order chi connectivity index (χ1) is 9.80. The van der Waals surface area contributed by atoms with Gasteiger partial charge in [0.15, 0.2) is 0 Å². The lowest BCUT2D eigenvalue weighted by molar-refractivity contribution is 0.121. The first-order valence-corrected chi connectivity index (χ1v) is 7.38. The Labute approximate surface area is 122 Å². The summed E-state index contributed by atoms with van der Waals surface area (Å²) in [5.74, 6) is 1.33. The minimum atomic E-state index is 0.336. The van der Waals surface area contributed by atoms with E-state index < -0.39 is 0 Å². The average molecular weight is 277 g/mol. The molecule has 3 nitrogen and oxygen atoms in total. The van der Waals surface area contributed by atoms with Crippen LogP contribution in [0.1, 0.15) is 19.3 Å². The second-order valence-electron chi connectivity index (χ2n) is 5.07. The van der Waals surface area contributed by atoms with Crippen molar-refractivity contribution < 1.29 is 9.84 Å². The second-order valence-corrected chi connectivity index (χ2v) is 5.07. The number of aliphatic hydroxyl groups is 1. The van der Waals surface area contributed by atoms with Gasteiger partial charge in [0.1, 0.15) is 5.76 Å². The topological polar surface area (TPSA) is 32.7 Å². The van der Waals surface area contributed by atoms with E-state index in [9.17, 15) is 0 Å². The fraction of sp³-hybridized carbons (Fsp3) is 0.529. The van der Waals surface area contributed by atoms with Gasteiger partial charge in [0.25, 0.3) is 0 Å². The maximum Gasteiger partial charge on any atom is 0.119 e. The molecule has 0 spiro atoms. The quantitative estimate of drug-likeness (QED) is 0.399. The lowest BCUT2D eigenvalue weighted by atomic mass is 9.98. The number of aliphatic hydroxyl groups excluding tert-OH is 1. The highest BCUT2D eigenvalue weighted by Crippen LogP contribution is 2.16. The lowest BCUT2D eigenvalue weighted by Crippen LogP contribution is -2.35. The summed E-state index contributed by atoms with van der Waals surface area (Å²) >= 11 is 0. The fourth-order valence-corrected chi connectivity index (χ4v) is 2.30. The monoisotopic (exact) mass is 277 g/mol. The number of nitrogens with zero attached hydrogens (tertiary/aromatic N) is 1. The molecule has 1 rings (SSSR count). The third-order valence-electron chi connectivity index (χ3n) is 3.53. The predicted molar refractivity (Wildman–Crippen MR) is 84.4 cm³/mol. The normalized spacial score (nSPS) is 18.4. The number of hydrogen-bond acceptors (Lipinski definition) is 3. The van der Waals surface area contributed by atoms with Gasteiger partial charge >= 0.3 is 0 Å². The molecular formula is C17H27NO2. The average Bonchev–Trinajstić information content (AvgIpc) is 2.49. The van der Waals surface area contributed by atoms with E-state index in [1.165, 1.54) is 0 Å². The number of hydrogen-bond donors (Lipinski definition) is 1. The lowest BCUT2D eigenvalue weighted by Gasteiger charge is -2.30. The Morgan fingerprint density at radius 3 is 2.60 bits per heavy atom. The zero-order valence-corrected chi connectivity index (χ0v) is 12.3. The third kappa shape index (κ3) is 6.73. The molecule has 0 unspecified atom stereocenters. The maximum atomic E-state index is 9.11. The summed E-state index contributed by atoms with van der Waals surface area (Å²) in [5.41, 5.74) is 0. The van der Waals surface area contributed by atoms with Gasteiger partial charge in [0, 0.05) is 13.2 Å². The number of likely N-dealkylation sites (tertiary alicyclic amines) is 1. The third-order valence-corrected chi connectivity index (χ3v) is 3.53. The van der Waals surface area contributed by atoms with Crippen LogP contribution in [-0.4, -0.2) is 42.9 Å². The van der Waals surface area contributed by atoms with E-state index in [0.717, 1.165) is 44.7 Å². The highest BCUT2D eigenvalue weighted by Gasteiger charge is 2.17. The smallest absolute Gasteiger partial charge is 0.119 e. The zero-order chi connectivity index (χ0) is 14.6. The SMILES string of the molecule is C=C/C=C\C(=C/C=C)OCCCN1CCC(CO)CC1. The molecule has 3 heteroatoms. The number of piperidine rings is 1. The minimum absolute atomic E-state index is 0.336. The molecule has 0 amide bonds. The standard InChI is InChI=1S/C17H27NO2/c1-3-5-8-17(7-4-2)20-14-6-11-18-12-9-16(15-19)10-13-18/h3-5,7-8,16,19H,1-2,6,9-15H2/b8-5-,17-7+. The van der Waals surface area contributed by atoms with Gasteiger partial charge in [0.05, 0.1) is 6.61 Å². The zero-order valence-electron chi connectivity index (χ0n) is 12.3. The molecule has 0 saturated carbocycles. The van der Waals surface area contributed by atoms with Crippen LogP contribution in [0.25, 0.3) is 0 Å². The summed E-state index contributed by atoms with van der Waals surface area (Å²) in [6.07, 6.45) is 12.3. The van der Waals surface area contributed by atoms with Gasteiger partial charge in [0.2, 0.25) is 0 Å². The molecule has 0 atom stereocenters. The number of rotatable bonds is 9. The van der Waals surface area contributed by atoms with Crippen molar-refractivity contribution in [1.82, 2.24) is 4.90 Å². The van der Waals surface area contributed by atoms with E-state index in [2.05, 4.69) is 18.1 Å². The van der Waals surface area contributed by atoms with E-state index in [1.807, 2.05) is 18.2 Å². The van der Waals surface area contributed by atoms with Crippen LogP contribution in [0.4, 0.5) is 0 Å². The van der Waals surface area contributed by atoms with Gasteiger partial charge in [-0.05, 0) is 50.4 Å². The van der Waals surface area contributed by atoms with Gasteiger partial charge in [-0.15, -0.1) is 0 Å². The van der Waals surface area contributed by atoms with Crippen LogP contribution >= 0.6 is 0 Å². The molecule has 1 fully saturated rings. The molecule has 1 N–H and O–H groups in total. The Hall–Kier alpha value is -1.32. The molecule has 1 aliphatic heterocycles. The highest BCUT2D eigenvalue weighted by molar-refractivity contribution is 5.19. The minimum Gasteiger partial charge on any atom is -0.494 e. The van der Waals surface area contributed by atoms with Crippen LogP contribution in [0.2, 0.25) is 0 Å². The molecule has 0 aromatic heterocycles. The first-order valence-electron chi connectivity index (χ1n) is 7.38. The largest absolute Gasteiger partial charge is 0.494 e. The van der Waals surface area contributed by atoms with Crippen molar-refractivity contribution in [3.05, 3.63) is 49.3 Å². The Kier molecular flexibility index (Phi) is 8.76. The van der Waals surface area contributed by atoms with E-state index >= 15 is 0 Å². The van der Waals surface area contributed by atoms with Crippen molar-refractivity contribution in [3.8, 4) is 0 Å². The van der Waals surface area contributed by atoms with Crippen molar-refractivity contribution in [1.29, 1.82) is 0 Å². The summed E-state index contributed by atoms with van der Waals surface area (Å²) in [7, 11) is 0. The maximum absolute atomic E-state index is 9.11. The van der Waals surface area contributed by atoms with Gasteiger partial charge < -0.3 is 14.7 Å². The summed E-state index contributed by atoms with van der Waals surface area (Å²) in [5, 5.41) is 9.11. The van der Waals surface area contributed by atoms with Gasteiger partial charge in [-0.25, -0.2) is 0 Å². The van der Waals surface area contributed by atoms with E-state index in [1.54, 1.807) is 12.2 Å². The molecule has 0 radical (unpaired) electrons. The summed E-state index contributed by atoms with van der Waals surface area (Å²) < 4.78 is 5.71. The van der Waals surface area contributed by atoms with Crippen molar-refractivity contribution >= 4 is 0 Å². The van der Waals surface area contributed by atoms with Crippen LogP contribution in [0.15, 0.2) is 49.3 Å². The molecule has 1 saturated heterocycles. The Morgan fingerprint density at radius 2 is 2.00 bits per heavy atom. The van der Waals surface area contributed by atoms with Crippen LogP contribution < -0.4 is 0 Å². The van der Waals surface area contributed by atoms with Crippen molar-refractivity contribution in [2.45, 2.75) is 19.3 Å².